The fraction of sp³-hybridized carbons (Fsp3) is 0.240. The SMILES string of the molecule is CC(C)OC(=O)COc1ccc(F)c(NC(C)c2cc(-c3cccc(F)c3)ccc2F)c1F. The molecule has 33 heavy (non-hydrogen) atoms. The molecule has 3 aromatic carbocycles. The number of esters is 1. The van der Waals surface area contributed by atoms with Gasteiger partial charge in [0.2, 0.25) is 0 Å². The van der Waals surface area contributed by atoms with E-state index in [9.17, 15) is 22.4 Å². The maximum atomic E-state index is 14.9. The van der Waals surface area contributed by atoms with E-state index in [-0.39, 0.29) is 17.4 Å². The van der Waals surface area contributed by atoms with E-state index in [2.05, 4.69) is 5.32 Å². The average Bonchev–Trinajstić information content (AvgIpc) is 2.75. The fourth-order valence-corrected chi connectivity index (χ4v) is 3.23. The molecule has 0 bridgehead atoms. The first-order valence-electron chi connectivity index (χ1n) is 10.3. The highest BCUT2D eigenvalue weighted by atomic mass is 19.1. The molecule has 1 atom stereocenters. The third-order valence-electron chi connectivity index (χ3n) is 4.75. The monoisotopic (exact) mass is 461 g/mol. The van der Waals surface area contributed by atoms with E-state index in [4.69, 9.17) is 9.47 Å². The number of hydrogen-bond acceptors (Lipinski definition) is 4. The van der Waals surface area contributed by atoms with Crippen LogP contribution in [0.3, 0.4) is 0 Å². The Bertz CT molecular complexity index is 1150. The van der Waals surface area contributed by atoms with E-state index < -0.39 is 47.6 Å². The molecule has 0 spiro atoms. The number of carbonyl (C=O) groups excluding carboxylic acids is 1. The van der Waals surface area contributed by atoms with Crippen LogP contribution < -0.4 is 10.1 Å². The molecule has 3 aromatic rings. The van der Waals surface area contributed by atoms with Crippen LogP contribution in [0.2, 0.25) is 0 Å². The van der Waals surface area contributed by atoms with Crippen LogP contribution in [0.4, 0.5) is 23.2 Å². The summed E-state index contributed by atoms with van der Waals surface area (Å²) in [5, 5.41) is 2.63. The highest BCUT2D eigenvalue weighted by molar-refractivity contribution is 5.71. The molecule has 0 aliphatic carbocycles. The topological polar surface area (TPSA) is 47.6 Å². The van der Waals surface area contributed by atoms with Crippen LogP contribution in [0.5, 0.6) is 5.75 Å². The summed E-state index contributed by atoms with van der Waals surface area (Å²) < 4.78 is 67.4. The van der Waals surface area contributed by atoms with E-state index >= 15 is 0 Å². The zero-order chi connectivity index (χ0) is 24.1. The van der Waals surface area contributed by atoms with Gasteiger partial charge >= 0.3 is 5.97 Å². The molecule has 0 amide bonds. The van der Waals surface area contributed by atoms with Crippen molar-refractivity contribution in [1.82, 2.24) is 0 Å². The molecule has 0 aromatic heterocycles. The van der Waals surface area contributed by atoms with E-state index in [0.717, 1.165) is 12.1 Å². The van der Waals surface area contributed by atoms with E-state index in [1.54, 1.807) is 19.9 Å². The van der Waals surface area contributed by atoms with Crippen molar-refractivity contribution in [3.05, 3.63) is 83.4 Å². The smallest absolute Gasteiger partial charge is 0.344 e. The van der Waals surface area contributed by atoms with Crippen molar-refractivity contribution in [2.24, 2.45) is 0 Å². The molecular formula is C25H23F4NO3. The quantitative estimate of drug-likeness (QED) is 0.311. The molecule has 0 saturated heterocycles. The van der Waals surface area contributed by atoms with Crippen molar-refractivity contribution in [3.8, 4) is 16.9 Å². The van der Waals surface area contributed by atoms with Gasteiger partial charge in [-0.25, -0.2) is 22.4 Å². The van der Waals surface area contributed by atoms with Crippen LogP contribution in [0.15, 0.2) is 54.6 Å². The number of rotatable bonds is 8. The standard InChI is InChI=1S/C25H23F4NO3/c1-14(2)33-23(31)13-32-22-10-9-21(28)25(24(22)29)30-15(3)19-12-17(7-8-20(19)27)16-5-4-6-18(26)11-16/h4-12,14-15,30H,13H2,1-3H3. The zero-order valence-corrected chi connectivity index (χ0v) is 18.3. The van der Waals surface area contributed by atoms with Crippen LogP contribution in [0.1, 0.15) is 32.4 Å². The largest absolute Gasteiger partial charge is 0.479 e. The Morgan fingerprint density at radius 3 is 2.30 bits per heavy atom. The van der Waals surface area contributed by atoms with Crippen LogP contribution in [0.25, 0.3) is 11.1 Å². The lowest BCUT2D eigenvalue weighted by Gasteiger charge is -2.19. The van der Waals surface area contributed by atoms with Gasteiger partial charge in [-0.15, -0.1) is 0 Å². The summed E-state index contributed by atoms with van der Waals surface area (Å²) in [5.74, 6) is -4.09. The minimum Gasteiger partial charge on any atom is -0.479 e. The number of carbonyl (C=O) groups is 1. The zero-order valence-electron chi connectivity index (χ0n) is 18.3. The Morgan fingerprint density at radius 1 is 0.909 bits per heavy atom. The maximum absolute atomic E-state index is 14.9. The van der Waals surface area contributed by atoms with E-state index in [1.165, 1.54) is 43.3 Å². The summed E-state index contributed by atoms with van der Waals surface area (Å²) in [6.07, 6.45) is -0.365. The Kier molecular flexibility index (Phi) is 7.58. The minimum atomic E-state index is -1.07. The lowest BCUT2D eigenvalue weighted by molar-refractivity contribution is -0.149. The minimum absolute atomic E-state index is 0.127. The molecule has 8 heteroatoms. The Hall–Kier alpha value is -3.55. The molecule has 1 N–H and O–H groups in total. The van der Waals surface area contributed by atoms with Gasteiger partial charge in [-0.1, -0.05) is 18.2 Å². The van der Waals surface area contributed by atoms with Crippen molar-refractivity contribution in [3.63, 3.8) is 0 Å². The molecule has 1 unspecified atom stereocenters. The van der Waals surface area contributed by atoms with Gasteiger partial charge in [0, 0.05) is 5.56 Å². The van der Waals surface area contributed by atoms with Crippen molar-refractivity contribution < 1.29 is 31.8 Å². The van der Waals surface area contributed by atoms with Crippen molar-refractivity contribution in [2.75, 3.05) is 11.9 Å². The van der Waals surface area contributed by atoms with Gasteiger partial charge < -0.3 is 14.8 Å². The molecular weight excluding hydrogens is 438 g/mol. The predicted molar refractivity (Wildman–Crippen MR) is 117 cm³/mol. The molecule has 174 valence electrons. The second-order valence-electron chi connectivity index (χ2n) is 7.67. The first-order chi connectivity index (χ1) is 15.7. The van der Waals surface area contributed by atoms with Crippen LogP contribution >= 0.6 is 0 Å². The Morgan fingerprint density at radius 2 is 1.61 bits per heavy atom. The van der Waals surface area contributed by atoms with Gasteiger partial charge in [-0.05, 0) is 68.3 Å². The molecule has 4 nitrogen and oxygen atoms in total. The number of halogens is 4. The number of ether oxygens (including phenoxy) is 2. The molecule has 0 saturated carbocycles. The summed E-state index contributed by atoms with van der Waals surface area (Å²) in [6.45, 7) is 4.28. The number of hydrogen-bond donors (Lipinski definition) is 1. The molecule has 3 rings (SSSR count). The summed E-state index contributed by atoms with van der Waals surface area (Å²) in [4.78, 5) is 11.6. The molecule has 0 fully saturated rings. The number of benzene rings is 3. The third kappa shape index (κ3) is 6.03. The molecule has 0 heterocycles. The summed E-state index contributed by atoms with van der Waals surface area (Å²) in [5.41, 5.74) is 0.668. The molecule has 0 aliphatic heterocycles. The third-order valence-corrected chi connectivity index (χ3v) is 4.75. The van der Waals surface area contributed by atoms with Gasteiger partial charge in [0.25, 0.3) is 0 Å². The van der Waals surface area contributed by atoms with Gasteiger partial charge in [0.1, 0.15) is 23.1 Å². The van der Waals surface area contributed by atoms with Gasteiger partial charge in [-0.3, -0.25) is 0 Å². The van der Waals surface area contributed by atoms with Gasteiger partial charge in [-0.2, -0.15) is 0 Å². The lowest BCUT2D eigenvalue weighted by atomic mass is 9.99. The Labute approximate surface area is 189 Å². The lowest BCUT2D eigenvalue weighted by Crippen LogP contribution is -2.19. The second kappa shape index (κ2) is 10.4. The van der Waals surface area contributed by atoms with Gasteiger partial charge in [0.15, 0.2) is 18.2 Å². The molecule has 0 radical (unpaired) electrons. The van der Waals surface area contributed by atoms with E-state index in [0.29, 0.717) is 11.1 Å². The second-order valence-corrected chi connectivity index (χ2v) is 7.67. The van der Waals surface area contributed by atoms with Crippen molar-refractivity contribution >= 4 is 11.7 Å². The predicted octanol–water partition coefficient (Wildman–Crippen LogP) is 6.41. The Balaban J connectivity index is 1.83. The van der Waals surface area contributed by atoms with Crippen LogP contribution in [-0.4, -0.2) is 18.7 Å². The highest BCUT2D eigenvalue weighted by Crippen LogP contribution is 2.32. The first-order valence-corrected chi connectivity index (χ1v) is 10.3. The van der Waals surface area contributed by atoms with Crippen molar-refractivity contribution in [2.45, 2.75) is 32.9 Å². The molecule has 0 aliphatic rings. The van der Waals surface area contributed by atoms with Gasteiger partial charge in [0.05, 0.1) is 12.1 Å². The average molecular weight is 461 g/mol. The normalized spacial score (nSPS) is 11.9. The number of anilines is 1. The maximum Gasteiger partial charge on any atom is 0.344 e. The van der Waals surface area contributed by atoms with Crippen LogP contribution in [-0.2, 0) is 9.53 Å². The van der Waals surface area contributed by atoms with Crippen LogP contribution in [0, 0.1) is 23.3 Å². The summed E-state index contributed by atoms with van der Waals surface area (Å²) in [6, 6.07) is 11.1. The summed E-state index contributed by atoms with van der Waals surface area (Å²) in [7, 11) is 0. The fourth-order valence-electron chi connectivity index (χ4n) is 3.23. The first kappa shape index (κ1) is 24.1. The number of nitrogens with one attached hydrogen (secondary N) is 1. The highest BCUT2D eigenvalue weighted by Gasteiger charge is 2.20. The van der Waals surface area contributed by atoms with Crippen molar-refractivity contribution in [1.29, 1.82) is 0 Å². The van der Waals surface area contributed by atoms with E-state index in [1.807, 2.05) is 0 Å². The summed E-state index contributed by atoms with van der Waals surface area (Å²) >= 11 is 0.